The Hall–Kier alpha value is -0.210. The second kappa shape index (κ2) is 41.8. The minimum absolute atomic E-state index is 0.0556. The van der Waals surface area contributed by atoms with E-state index < -0.39 is 169 Å². The van der Waals surface area contributed by atoms with Crippen molar-refractivity contribution in [2.45, 2.75) is 367 Å². The molecular formula is C69H145F3. The standard InChI is InChI=1S/C9H15F3.2C9H18.C7H14.C6H12.4C6H14.C5H12/c1-7-3-5-8(2,6-4-7)9(10,11)12;2*1-8-4-6-9(2,3)7-5-8;1-6-3-4-7(2)5-6;1-6-4-2-3-5-6;2*1-5-6(2,3)4;2*1-4-6(3)5-2;1-5(2,3)4/h7H,3-6H2,1-2H3;2*8H,4-7H2,1-3H3;6-7H,3-5H2,1-2H3;6H,2-5H2,1H3;2*5H2,1-4H3;2*6H,4-5H2,1-3H3;1-4H3/i7D;2D3,4D2,5D2,6D2,7D2,8D;8D;3D2,4D2,5D2,6D,7D;6D;2D3,3D3,5D2;5D2;1D3,4D2,5D2,6D;6D;1D3,2D3. The second-order valence-electron chi connectivity index (χ2n) is 22.3. The topological polar surface area (TPSA) is 0 Å². The molecule has 442 valence electrons. The predicted molar refractivity (Wildman–Crippen MR) is 329 cm³/mol. The van der Waals surface area contributed by atoms with E-state index in [4.69, 9.17) is 65.8 Å². The lowest BCUT2D eigenvalue weighted by Gasteiger charge is -2.37. The fourth-order valence-electron chi connectivity index (χ4n) is 5.19. The van der Waals surface area contributed by atoms with Crippen molar-refractivity contribution < 1.29 is 79.0 Å². The molecule has 5 saturated carbocycles. The number of alkyl halides is 3. The summed E-state index contributed by atoms with van der Waals surface area (Å²) in [6, 6.07) is 0. The van der Waals surface area contributed by atoms with Crippen molar-refractivity contribution in [1.82, 2.24) is 0 Å². The summed E-state index contributed by atoms with van der Waals surface area (Å²) in [5, 5.41) is 0. The maximum absolute atomic E-state index is 12.5. The molecular weight excluding hydrogens is 886 g/mol. The van der Waals surface area contributed by atoms with E-state index in [-0.39, 0.29) is 35.9 Å². The van der Waals surface area contributed by atoms with Gasteiger partial charge < -0.3 is 0 Å². The molecule has 0 bridgehead atoms. The molecule has 5 aliphatic rings. The summed E-state index contributed by atoms with van der Waals surface area (Å²) in [5.41, 5.74) is -8.21. The number of rotatable bonds is 4. The van der Waals surface area contributed by atoms with Crippen LogP contribution >= 0.6 is 0 Å². The minimum atomic E-state index is -4.11. The van der Waals surface area contributed by atoms with Gasteiger partial charge in [-0.05, 0) is 132 Å². The van der Waals surface area contributed by atoms with Crippen LogP contribution in [0.15, 0.2) is 0 Å². The molecule has 0 spiro atoms. The largest absolute Gasteiger partial charge is 0.394 e. The van der Waals surface area contributed by atoms with Gasteiger partial charge in [-0.1, -0.05) is 303 Å². The van der Waals surface area contributed by atoms with E-state index in [1.54, 1.807) is 13.8 Å². The van der Waals surface area contributed by atoms with Crippen LogP contribution in [0, 0.1) is 79.6 Å². The van der Waals surface area contributed by atoms with Crippen molar-refractivity contribution >= 4 is 0 Å². The molecule has 0 N–H and O–H groups in total. The third-order valence-corrected chi connectivity index (χ3v) is 11.6. The van der Waals surface area contributed by atoms with Crippen LogP contribution in [0.1, 0.15) is 426 Å². The third kappa shape index (κ3) is 59.0. The molecule has 5 fully saturated rings. The van der Waals surface area contributed by atoms with Crippen molar-refractivity contribution in [3.05, 3.63) is 0 Å². The molecule has 0 radical (unpaired) electrons. The third-order valence-electron chi connectivity index (χ3n) is 11.6. The van der Waals surface area contributed by atoms with Gasteiger partial charge in [0.2, 0.25) is 0 Å². The van der Waals surface area contributed by atoms with E-state index in [0.29, 0.717) is 25.2 Å². The maximum atomic E-state index is 12.5. The highest BCUT2D eigenvalue weighted by atomic mass is 19.4. The van der Waals surface area contributed by atoms with Gasteiger partial charge in [-0.3, -0.25) is 0 Å². The van der Waals surface area contributed by atoms with Crippen LogP contribution < -0.4 is 0 Å². The summed E-state index contributed by atoms with van der Waals surface area (Å²) < 4.78 is 393. The minimum Gasteiger partial charge on any atom is -0.171 e. The van der Waals surface area contributed by atoms with Gasteiger partial charge in [0.1, 0.15) is 0 Å². The Kier molecular flexibility index (Phi) is 15.9. The molecule has 0 aliphatic heterocycles. The van der Waals surface area contributed by atoms with Gasteiger partial charge in [0.25, 0.3) is 0 Å². The lowest BCUT2D eigenvalue weighted by molar-refractivity contribution is -0.229. The highest BCUT2D eigenvalue weighted by Crippen LogP contribution is 2.49. The van der Waals surface area contributed by atoms with Crippen LogP contribution in [0.25, 0.3) is 0 Å². The molecule has 0 saturated heterocycles. The summed E-state index contributed by atoms with van der Waals surface area (Å²) in [5.74, 6) is -10.7. The molecule has 5 aliphatic carbocycles. The van der Waals surface area contributed by atoms with Crippen LogP contribution in [0.5, 0.6) is 0 Å². The molecule has 72 heavy (non-hydrogen) atoms. The summed E-state index contributed by atoms with van der Waals surface area (Å²) in [6.07, 6.45) is -21.4. The van der Waals surface area contributed by atoms with Gasteiger partial charge in [-0.2, -0.15) is 13.2 Å². The molecule has 0 aromatic rings. The normalized spacial score (nSPS) is 48.8. The maximum Gasteiger partial charge on any atom is 0.394 e. The van der Waals surface area contributed by atoms with Gasteiger partial charge in [-0.15, -0.1) is 0 Å². The predicted octanol–water partition coefficient (Wildman–Crippen LogP) is 26.7. The van der Waals surface area contributed by atoms with Gasteiger partial charge in [0.15, 0.2) is 0 Å². The van der Waals surface area contributed by atoms with Gasteiger partial charge in [0.05, 0.1) is 5.41 Å². The zero-order valence-electron chi connectivity index (χ0n) is 98.0. The monoisotopic (exact) mass is 1080 g/mol. The Morgan fingerprint density at radius 1 is 0.542 bits per heavy atom. The summed E-state index contributed by atoms with van der Waals surface area (Å²) in [6.45, 7) is 17.9. The Balaban J connectivity index is -0.000000415. The van der Waals surface area contributed by atoms with Crippen LogP contribution in [-0.2, 0) is 0 Å². The Morgan fingerprint density at radius 3 is 1.11 bits per heavy atom. The zero-order valence-corrected chi connectivity index (χ0v) is 50.0. The zero-order chi connectivity index (χ0) is 99.9. The molecule has 3 heteroatoms. The van der Waals surface area contributed by atoms with Gasteiger partial charge >= 0.3 is 6.18 Å². The van der Waals surface area contributed by atoms with Crippen molar-refractivity contribution in [2.24, 2.45) is 79.6 Å². The van der Waals surface area contributed by atoms with Crippen LogP contribution in [0.2, 0.25) is 0 Å². The number of halogens is 3. The molecule has 3 unspecified atom stereocenters. The van der Waals surface area contributed by atoms with Gasteiger partial charge in [0, 0.05) is 65.8 Å². The van der Waals surface area contributed by atoms with Crippen molar-refractivity contribution in [3.8, 4) is 0 Å². The first-order chi connectivity index (χ1) is 50.7. The van der Waals surface area contributed by atoms with Crippen molar-refractivity contribution in [2.75, 3.05) is 0 Å². The van der Waals surface area contributed by atoms with E-state index in [9.17, 15) is 13.2 Å². The molecule has 0 amide bonds. The van der Waals surface area contributed by atoms with Crippen molar-refractivity contribution in [1.29, 1.82) is 0 Å². The molecule has 0 aromatic heterocycles. The molecule has 3 atom stereocenters. The lowest BCUT2D eigenvalue weighted by Crippen LogP contribution is -2.38. The average molecular weight is 1080 g/mol. The van der Waals surface area contributed by atoms with E-state index in [2.05, 4.69) is 34.6 Å². The van der Waals surface area contributed by atoms with Crippen LogP contribution in [0.3, 0.4) is 0 Å². The molecule has 0 heterocycles. The van der Waals surface area contributed by atoms with E-state index in [1.165, 1.54) is 46.5 Å². The highest BCUT2D eigenvalue weighted by molar-refractivity contribution is 4.86. The lowest BCUT2D eigenvalue weighted by atomic mass is 9.72. The molecule has 0 nitrogen and oxygen atoms in total. The van der Waals surface area contributed by atoms with Gasteiger partial charge in [-0.25, -0.2) is 0 Å². The van der Waals surface area contributed by atoms with E-state index in [0.717, 1.165) is 87.0 Å². The summed E-state index contributed by atoms with van der Waals surface area (Å²) >= 11 is 0. The van der Waals surface area contributed by atoms with Crippen molar-refractivity contribution in [3.63, 3.8) is 0 Å². The first-order valence-corrected chi connectivity index (χ1v) is 25.7. The fraction of sp³-hybridized carbons (Fsp3) is 1.00. The fourth-order valence-corrected chi connectivity index (χ4v) is 5.19. The second-order valence-corrected chi connectivity index (χ2v) is 22.3. The first-order valence-electron chi connectivity index (χ1n) is 49.7. The smallest absolute Gasteiger partial charge is 0.171 e. The Morgan fingerprint density at radius 2 is 0.931 bits per heavy atom. The molecule has 0 aromatic carbocycles. The Bertz CT molecular complexity index is 2860. The van der Waals surface area contributed by atoms with E-state index in [1.807, 2.05) is 34.6 Å². The first kappa shape index (κ1) is 27.3. The number of hydrogen-bond acceptors (Lipinski definition) is 0. The Labute approximate surface area is 526 Å². The van der Waals surface area contributed by atoms with E-state index >= 15 is 0 Å². The van der Waals surface area contributed by atoms with Crippen LogP contribution in [-0.4, -0.2) is 6.18 Å². The summed E-state index contributed by atoms with van der Waals surface area (Å²) in [4.78, 5) is 0. The number of hydrogen-bond donors (Lipinski definition) is 0. The summed E-state index contributed by atoms with van der Waals surface area (Å²) in [7, 11) is 0. The van der Waals surface area contributed by atoms with Crippen LogP contribution in [0.4, 0.5) is 13.2 Å². The quantitative estimate of drug-likeness (QED) is 0.263. The SMILES string of the molecule is [2H]C(C)(CC)CC.[2H]C([2H])(C)C(C)(C)C.[2H]C([2H])([2H])C(C)(C([2H])([2H])[2H])C([2H])([2H])C.[2H]C([2H])([2H])C(C)(C)C([2H])([2H])[2H].[2H]C([2H])([2H])C([2H])([2H])C([2H])(C)C([2H])([2H])C.[2H]C([2H])([2H])C1(C)C([2H])([2H])C([2H])([2H])C([2H])(C)C([2H])([2H])C1([2H])[2H].[2H]C1(C)CCC(C)(C(F)(F)F)CC1.[2H]C1(C)CCC(C)(C)CC1.[2H]C1(C)CCCC1.[2H]C1([2H])C([2H])([2H])C([2H])(C)C([2H])([2H])C1([2H])C. The average Bonchev–Trinajstić information content (AvgIpc) is 0.836. The molecule has 5 rings (SSSR count). The highest BCUT2D eigenvalue weighted by Gasteiger charge is 2.51.